The third-order valence-corrected chi connectivity index (χ3v) is 3.38. The molecule has 0 aliphatic heterocycles. The molecule has 2 rings (SSSR count). The van der Waals surface area contributed by atoms with Gasteiger partial charge in [0.05, 0.1) is 11.8 Å². The van der Waals surface area contributed by atoms with Crippen LogP contribution in [0.15, 0.2) is 0 Å². The van der Waals surface area contributed by atoms with Gasteiger partial charge in [-0.25, -0.2) is 0 Å². The molecule has 1 aromatic rings. The molecule has 1 aliphatic rings. The zero-order chi connectivity index (χ0) is 8.55. The number of aliphatic hydroxyl groups excluding tert-OH is 1. The summed E-state index contributed by atoms with van der Waals surface area (Å²) in [4.78, 5) is 1.31. The normalized spacial score (nSPS) is 22.3. The van der Waals surface area contributed by atoms with Crippen LogP contribution >= 0.6 is 11.5 Å². The quantitative estimate of drug-likeness (QED) is 0.716. The minimum atomic E-state index is -0.123. The first kappa shape index (κ1) is 8.20. The van der Waals surface area contributed by atoms with Crippen LogP contribution in [0, 0.1) is 0 Å². The van der Waals surface area contributed by atoms with Crippen LogP contribution in [0.5, 0.6) is 0 Å². The first-order chi connectivity index (χ1) is 5.81. The van der Waals surface area contributed by atoms with E-state index < -0.39 is 0 Å². The van der Waals surface area contributed by atoms with Crippen LogP contribution < -0.4 is 0 Å². The average molecular weight is 183 g/mol. The monoisotopic (exact) mass is 183 g/mol. The van der Waals surface area contributed by atoms with Crippen molar-refractivity contribution in [1.29, 1.82) is 0 Å². The standard InChI is InChI=1S/C9H13NOS/c1-2-8-7-4-3-6(11)5-9(7)12-10-8/h6,11H,2-5H2,1H3. The fourth-order valence-corrected chi connectivity index (χ4v) is 2.79. The number of rotatable bonds is 1. The van der Waals surface area contributed by atoms with Gasteiger partial charge in [0.1, 0.15) is 0 Å². The van der Waals surface area contributed by atoms with E-state index in [1.54, 1.807) is 11.5 Å². The molecule has 1 atom stereocenters. The van der Waals surface area contributed by atoms with Gasteiger partial charge in [0, 0.05) is 11.3 Å². The zero-order valence-electron chi connectivity index (χ0n) is 7.21. The van der Waals surface area contributed by atoms with E-state index in [2.05, 4.69) is 11.3 Å². The molecular formula is C9H13NOS. The summed E-state index contributed by atoms with van der Waals surface area (Å²) in [5, 5.41) is 9.42. The lowest BCUT2D eigenvalue weighted by atomic mass is 9.94. The largest absolute Gasteiger partial charge is 0.393 e. The molecule has 1 aliphatic carbocycles. The number of aromatic nitrogens is 1. The highest BCUT2D eigenvalue weighted by Crippen LogP contribution is 2.27. The Labute approximate surface area is 76.4 Å². The second-order valence-electron chi connectivity index (χ2n) is 3.28. The highest BCUT2D eigenvalue weighted by molar-refractivity contribution is 7.06. The molecule has 1 N–H and O–H groups in total. The van der Waals surface area contributed by atoms with Crippen LogP contribution in [-0.2, 0) is 19.3 Å². The lowest BCUT2D eigenvalue weighted by molar-refractivity contribution is 0.160. The van der Waals surface area contributed by atoms with Crippen molar-refractivity contribution in [3.8, 4) is 0 Å². The van der Waals surface area contributed by atoms with Crippen LogP contribution in [0.3, 0.4) is 0 Å². The smallest absolute Gasteiger partial charge is 0.0592 e. The van der Waals surface area contributed by atoms with E-state index in [1.165, 1.54) is 16.1 Å². The molecule has 66 valence electrons. The first-order valence-electron chi connectivity index (χ1n) is 4.45. The number of aliphatic hydroxyl groups is 1. The van der Waals surface area contributed by atoms with E-state index in [0.29, 0.717) is 0 Å². The van der Waals surface area contributed by atoms with E-state index in [4.69, 9.17) is 0 Å². The molecule has 0 amide bonds. The van der Waals surface area contributed by atoms with Gasteiger partial charge < -0.3 is 5.11 Å². The van der Waals surface area contributed by atoms with E-state index >= 15 is 0 Å². The van der Waals surface area contributed by atoms with Crippen molar-refractivity contribution in [2.24, 2.45) is 0 Å². The number of nitrogens with zero attached hydrogens (tertiary/aromatic N) is 1. The van der Waals surface area contributed by atoms with E-state index in [1.807, 2.05) is 0 Å². The van der Waals surface area contributed by atoms with Crippen molar-refractivity contribution in [3.05, 3.63) is 16.1 Å². The van der Waals surface area contributed by atoms with Crippen LogP contribution in [0.25, 0.3) is 0 Å². The molecule has 0 bridgehead atoms. The molecule has 1 aromatic heterocycles. The Bertz CT molecular complexity index is 282. The minimum Gasteiger partial charge on any atom is -0.393 e. The van der Waals surface area contributed by atoms with Crippen molar-refractivity contribution in [2.45, 2.75) is 38.7 Å². The zero-order valence-corrected chi connectivity index (χ0v) is 8.02. The highest BCUT2D eigenvalue weighted by Gasteiger charge is 2.21. The summed E-state index contributed by atoms with van der Waals surface area (Å²) in [5.74, 6) is 0. The second kappa shape index (κ2) is 3.15. The Morgan fingerprint density at radius 1 is 1.67 bits per heavy atom. The third-order valence-electron chi connectivity index (χ3n) is 2.43. The fraction of sp³-hybridized carbons (Fsp3) is 0.667. The Morgan fingerprint density at radius 3 is 3.25 bits per heavy atom. The topological polar surface area (TPSA) is 33.1 Å². The van der Waals surface area contributed by atoms with Crippen molar-refractivity contribution in [1.82, 2.24) is 4.37 Å². The lowest BCUT2D eigenvalue weighted by Crippen LogP contribution is -2.17. The predicted octanol–water partition coefficient (Wildman–Crippen LogP) is 1.56. The van der Waals surface area contributed by atoms with Gasteiger partial charge in [-0.1, -0.05) is 6.92 Å². The maximum atomic E-state index is 9.42. The summed E-state index contributed by atoms with van der Waals surface area (Å²) in [6.45, 7) is 2.14. The molecule has 0 saturated carbocycles. The molecule has 2 nitrogen and oxygen atoms in total. The van der Waals surface area contributed by atoms with Crippen LogP contribution in [0.2, 0.25) is 0 Å². The van der Waals surface area contributed by atoms with Gasteiger partial charge in [-0.05, 0) is 36.4 Å². The number of hydrogen-bond donors (Lipinski definition) is 1. The molecule has 0 aromatic carbocycles. The molecule has 0 radical (unpaired) electrons. The summed E-state index contributed by atoms with van der Waals surface area (Å²) in [5.41, 5.74) is 2.68. The molecule has 0 spiro atoms. The number of fused-ring (bicyclic) bond motifs is 1. The number of hydrogen-bond acceptors (Lipinski definition) is 3. The summed E-state index contributed by atoms with van der Waals surface area (Å²) in [6, 6.07) is 0. The molecule has 1 heterocycles. The Hall–Kier alpha value is -0.410. The van der Waals surface area contributed by atoms with Crippen LogP contribution in [0.1, 0.15) is 29.5 Å². The van der Waals surface area contributed by atoms with E-state index in [9.17, 15) is 5.11 Å². The molecule has 0 fully saturated rings. The van der Waals surface area contributed by atoms with Gasteiger partial charge in [0.2, 0.25) is 0 Å². The summed E-state index contributed by atoms with van der Waals surface area (Å²) in [7, 11) is 0. The van der Waals surface area contributed by atoms with E-state index in [-0.39, 0.29) is 6.10 Å². The molecule has 1 unspecified atom stereocenters. The van der Waals surface area contributed by atoms with Gasteiger partial charge >= 0.3 is 0 Å². The maximum Gasteiger partial charge on any atom is 0.0592 e. The first-order valence-corrected chi connectivity index (χ1v) is 5.23. The Balaban J connectivity index is 2.32. The van der Waals surface area contributed by atoms with Gasteiger partial charge in [0.15, 0.2) is 0 Å². The van der Waals surface area contributed by atoms with Crippen molar-refractivity contribution in [3.63, 3.8) is 0 Å². The van der Waals surface area contributed by atoms with Crippen LogP contribution in [0.4, 0.5) is 0 Å². The summed E-state index contributed by atoms with van der Waals surface area (Å²) < 4.78 is 4.38. The summed E-state index contributed by atoms with van der Waals surface area (Å²) >= 11 is 1.57. The molecule has 12 heavy (non-hydrogen) atoms. The SMILES string of the molecule is CCc1nsc2c1CCC(O)C2. The maximum absolute atomic E-state index is 9.42. The molecule has 0 saturated heterocycles. The average Bonchev–Trinajstić information content (AvgIpc) is 2.46. The second-order valence-corrected chi connectivity index (χ2v) is 4.14. The third kappa shape index (κ3) is 1.27. The Morgan fingerprint density at radius 2 is 2.50 bits per heavy atom. The fourth-order valence-electron chi connectivity index (χ4n) is 1.73. The lowest BCUT2D eigenvalue weighted by Gasteiger charge is -2.16. The van der Waals surface area contributed by atoms with Crippen LogP contribution in [-0.4, -0.2) is 15.6 Å². The summed E-state index contributed by atoms with van der Waals surface area (Å²) in [6.07, 6.45) is 3.67. The predicted molar refractivity (Wildman–Crippen MR) is 49.5 cm³/mol. The molecule has 3 heteroatoms. The minimum absolute atomic E-state index is 0.123. The molecular weight excluding hydrogens is 170 g/mol. The number of aryl methyl sites for hydroxylation is 1. The van der Waals surface area contributed by atoms with Crippen molar-refractivity contribution >= 4 is 11.5 Å². The van der Waals surface area contributed by atoms with Gasteiger partial charge in [-0.2, -0.15) is 4.37 Å². The Kier molecular flexibility index (Phi) is 2.15. The van der Waals surface area contributed by atoms with Gasteiger partial charge in [-0.3, -0.25) is 0 Å². The highest BCUT2D eigenvalue weighted by atomic mass is 32.1. The van der Waals surface area contributed by atoms with E-state index in [0.717, 1.165) is 25.7 Å². The van der Waals surface area contributed by atoms with Crippen molar-refractivity contribution in [2.75, 3.05) is 0 Å². The van der Waals surface area contributed by atoms with Gasteiger partial charge in [-0.15, -0.1) is 0 Å². The van der Waals surface area contributed by atoms with Crippen molar-refractivity contribution < 1.29 is 5.11 Å². The van der Waals surface area contributed by atoms with Gasteiger partial charge in [0.25, 0.3) is 0 Å².